The first-order valence-corrected chi connectivity index (χ1v) is 9.51. The van der Waals surface area contributed by atoms with Crippen LogP contribution in [0.15, 0.2) is 24.3 Å². The van der Waals surface area contributed by atoms with Gasteiger partial charge in [-0.05, 0) is 61.4 Å². The Kier molecular flexibility index (Phi) is 6.70. The number of likely N-dealkylation sites (tertiary alicyclic amines) is 2. The van der Waals surface area contributed by atoms with Gasteiger partial charge in [0.15, 0.2) is 0 Å². The molecule has 0 bridgehead atoms. The van der Waals surface area contributed by atoms with E-state index in [2.05, 4.69) is 21.9 Å². The molecule has 140 valence electrons. The van der Waals surface area contributed by atoms with Crippen LogP contribution >= 0.6 is 0 Å². The predicted octanol–water partition coefficient (Wildman–Crippen LogP) is 1.44. The van der Waals surface area contributed by atoms with Crippen LogP contribution in [0, 0.1) is 17.8 Å². The Morgan fingerprint density at radius 1 is 0.960 bits per heavy atom. The van der Waals surface area contributed by atoms with Crippen molar-refractivity contribution in [2.45, 2.75) is 19.4 Å². The third-order valence-corrected chi connectivity index (χ3v) is 5.91. The van der Waals surface area contributed by atoms with Gasteiger partial charge in [0.05, 0.1) is 7.11 Å². The van der Waals surface area contributed by atoms with Gasteiger partial charge in [0.25, 0.3) is 0 Å². The number of rotatable bonds is 7. The van der Waals surface area contributed by atoms with E-state index in [-0.39, 0.29) is 6.61 Å². The fourth-order valence-corrected chi connectivity index (χ4v) is 4.25. The number of methoxy groups -OCH3 is 1. The highest BCUT2D eigenvalue weighted by Gasteiger charge is 2.34. The molecule has 0 unspecified atom stereocenters. The maximum atomic E-state index is 9.80. The number of nitrogens with zero attached hydrogens (tertiary/aromatic N) is 2. The number of benzene rings is 1. The number of aliphatic hydroxyl groups is 2. The molecule has 0 radical (unpaired) electrons. The minimum atomic E-state index is 0.275. The second-order valence-electron chi connectivity index (χ2n) is 7.67. The third kappa shape index (κ3) is 4.94. The summed E-state index contributed by atoms with van der Waals surface area (Å²) < 4.78 is 5.22. The van der Waals surface area contributed by atoms with E-state index in [1.807, 2.05) is 12.1 Å². The van der Waals surface area contributed by atoms with Gasteiger partial charge in [-0.1, -0.05) is 12.1 Å². The summed E-state index contributed by atoms with van der Waals surface area (Å²) in [7, 11) is 1.69. The number of ether oxygens (including phenoxy) is 1. The van der Waals surface area contributed by atoms with Crippen LogP contribution in [-0.2, 0) is 6.54 Å². The summed E-state index contributed by atoms with van der Waals surface area (Å²) in [6.45, 7) is 6.79. The number of piperidine rings is 1. The highest BCUT2D eigenvalue weighted by Crippen LogP contribution is 2.27. The van der Waals surface area contributed by atoms with Crippen molar-refractivity contribution in [3.8, 4) is 5.75 Å². The monoisotopic (exact) mass is 348 g/mol. The van der Waals surface area contributed by atoms with Crippen molar-refractivity contribution in [1.29, 1.82) is 0 Å². The summed E-state index contributed by atoms with van der Waals surface area (Å²) in [6, 6.07) is 8.27. The molecule has 2 atom stereocenters. The van der Waals surface area contributed by atoms with E-state index in [0.717, 1.165) is 57.9 Å². The second kappa shape index (κ2) is 8.99. The van der Waals surface area contributed by atoms with E-state index >= 15 is 0 Å². The molecule has 2 N–H and O–H groups in total. The topological polar surface area (TPSA) is 56.2 Å². The van der Waals surface area contributed by atoms with Crippen LogP contribution in [0.1, 0.15) is 18.4 Å². The lowest BCUT2D eigenvalue weighted by molar-refractivity contribution is 0.106. The molecular formula is C20H32N2O3. The van der Waals surface area contributed by atoms with Crippen LogP contribution in [0.2, 0.25) is 0 Å². The first-order chi connectivity index (χ1) is 12.2. The lowest BCUT2D eigenvalue weighted by Gasteiger charge is -2.33. The molecule has 25 heavy (non-hydrogen) atoms. The molecule has 0 aromatic heterocycles. The van der Waals surface area contributed by atoms with E-state index in [9.17, 15) is 10.2 Å². The van der Waals surface area contributed by atoms with E-state index in [0.29, 0.717) is 24.4 Å². The SMILES string of the molecule is COc1ccc(CN2C[C@@H](CO)[C@@H](CN3CCC(CO)CC3)C2)cc1. The molecule has 2 heterocycles. The van der Waals surface area contributed by atoms with Crippen molar-refractivity contribution in [2.24, 2.45) is 17.8 Å². The maximum absolute atomic E-state index is 9.80. The highest BCUT2D eigenvalue weighted by atomic mass is 16.5. The van der Waals surface area contributed by atoms with E-state index in [1.165, 1.54) is 5.56 Å². The third-order valence-electron chi connectivity index (χ3n) is 5.91. The largest absolute Gasteiger partial charge is 0.497 e. The minimum absolute atomic E-state index is 0.275. The predicted molar refractivity (Wildman–Crippen MR) is 98.6 cm³/mol. The number of hydrogen-bond donors (Lipinski definition) is 2. The average molecular weight is 348 g/mol. The van der Waals surface area contributed by atoms with Crippen LogP contribution in [0.25, 0.3) is 0 Å². The van der Waals surface area contributed by atoms with Gasteiger partial charge < -0.3 is 19.8 Å². The molecule has 2 aliphatic rings. The van der Waals surface area contributed by atoms with Crippen molar-refractivity contribution in [2.75, 3.05) is 53.0 Å². The van der Waals surface area contributed by atoms with Crippen molar-refractivity contribution < 1.29 is 14.9 Å². The molecule has 1 aromatic carbocycles. The summed E-state index contributed by atoms with van der Waals surface area (Å²) >= 11 is 0. The summed E-state index contributed by atoms with van der Waals surface area (Å²) in [5.41, 5.74) is 1.29. The lowest BCUT2D eigenvalue weighted by Crippen LogP contribution is -2.40. The van der Waals surface area contributed by atoms with Crippen molar-refractivity contribution in [3.05, 3.63) is 29.8 Å². The lowest BCUT2D eigenvalue weighted by atomic mass is 9.93. The summed E-state index contributed by atoms with van der Waals surface area (Å²) in [5.74, 6) is 2.28. The molecule has 2 fully saturated rings. The van der Waals surface area contributed by atoms with Gasteiger partial charge in [-0.15, -0.1) is 0 Å². The van der Waals surface area contributed by atoms with Crippen molar-refractivity contribution >= 4 is 0 Å². The van der Waals surface area contributed by atoms with Crippen LogP contribution in [0.5, 0.6) is 5.75 Å². The molecule has 2 saturated heterocycles. The maximum Gasteiger partial charge on any atom is 0.118 e. The van der Waals surface area contributed by atoms with Gasteiger partial charge in [0.1, 0.15) is 5.75 Å². The molecule has 5 nitrogen and oxygen atoms in total. The quantitative estimate of drug-likeness (QED) is 0.781. The van der Waals surface area contributed by atoms with Gasteiger partial charge in [-0.3, -0.25) is 4.90 Å². The smallest absolute Gasteiger partial charge is 0.118 e. The number of hydrogen-bond acceptors (Lipinski definition) is 5. The Balaban J connectivity index is 1.51. The summed E-state index contributed by atoms with van der Waals surface area (Å²) in [6.07, 6.45) is 2.20. The van der Waals surface area contributed by atoms with Gasteiger partial charge in [0.2, 0.25) is 0 Å². The first kappa shape index (κ1) is 18.6. The standard InChI is InChI=1S/C20H32N2O3/c1-25-20-4-2-16(3-5-20)10-22-12-18(19(13-22)15-24)11-21-8-6-17(14-23)7-9-21/h2-5,17-19,23-24H,6-15H2,1H3/t18-,19-/m0/s1. The Labute approximate surface area is 151 Å². The number of aliphatic hydroxyl groups excluding tert-OH is 2. The molecule has 0 spiro atoms. The summed E-state index contributed by atoms with van der Waals surface area (Å²) in [4.78, 5) is 4.99. The normalized spacial score (nSPS) is 26.2. The second-order valence-corrected chi connectivity index (χ2v) is 7.67. The molecule has 2 aliphatic heterocycles. The van der Waals surface area contributed by atoms with Gasteiger partial charge in [-0.25, -0.2) is 0 Å². The van der Waals surface area contributed by atoms with E-state index in [1.54, 1.807) is 7.11 Å². The van der Waals surface area contributed by atoms with Crippen molar-refractivity contribution in [3.63, 3.8) is 0 Å². The Bertz CT molecular complexity index is 514. The molecular weight excluding hydrogens is 316 g/mol. The zero-order valence-corrected chi connectivity index (χ0v) is 15.3. The van der Waals surface area contributed by atoms with Crippen LogP contribution in [0.4, 0.5) is 0 Å². The Morgan fingerprint density at radius 3 is 2.24 bits per heavy atom. The Morgan fingerprint density at radius 2 is 1.64 bits per heavy atom. The molecule has 0 saturated carbocycles. The van der Waals surface area contributed by atoms with Crippen molar-refractivity contribution in [1.82, 2.24) is 9.80 Å². The van der Waals surface area contributed by atoms with Gasteiger partial charge in [0, 0.05) is 39.4 Å². The molecule has 0 aliphatic carbocycles. The molecule has 1 aromatic rings. The van der Waals surface area contributed by atoms with Crippen LogP contribution in [-0.4, -0.2) is 73.1 Å². The molecule has 3 rings (SSSR count). The van der Waals surface area contributed by atoms with Crippen LogP contribution < -0.4 is 4.74 Å². The van der Waals surface area contributed by atoms with E-state index < -0.39 is 0 Å². The van der Waals surface area contributed by atoms with Crippen LogP contribution in [0.3, 0.4) is 0 Å². The highest BCUT2D eigenvalue weighted by molar-refractivity contribution is 5.27. The van der Waals surface area contributed by atoms with Gasteiger partial charge in [-0.2, -0.15) is 0 Å². The Hall–Kier alpha value is -1.14. The molecule has 5 heteroatoms. The summed E-state index contributed by atoms with van der Waals surface area (Å²) in [5, 5.41) is 19.1. The molecule has 0 amide bonds. The fraction of sp³-hybridized carbons (Fsp3) is 0.700. The average Bonchev–Trinajstić information content (AvgIpc) is 3.04. The van der Waals surface area contributed by atoms with E-state index in [4.69, 9.17) is 4.74 Å². The van der Waals surface area contributed by atoms with Gasteiger partial charge >= 0.3 is 0 Å². The fourth-order valence-electron chi connectivity index (χ4n) is 4.25. The first-order valence-electron chi connectivity index (χ1n) is 9.51. The zero-order chi connectivity index (χ0) is 17.6. The zero-order valence-electron chi connectivity index (χ0n) is 15.3. The minimum Gasteiger partial charge on any atom is -0.497 e.